The lowest BCUT2D eigenvalue weighted by atomic mass is 10.4. The number of nitrogens with zero attached hydrogens (tertiary/aromatic N) is 1. The summed E-state index contributed by atoms with van der Waals surface area (Å²) in [4.78, 5) is 0. The van der Waals surface area contributed by atoms with Gasteiger partial charge in [-0.2, -0.15) is 4.31 Å². The molecule has 0 saturated carbocycles. The van der Waals surface area contributed by atoms with Crippen LogP contribution < -0.4 is 5.32 Å². The molecule has 1 N–H and O–H groups in total. The van der Waals surface area contributed by atoms with Crippen LogP contribution in [0.2, 0.25) is 0 Å². The number of sulfonamides is 1. The first-order valence-electron chi connectivity index (χ1n) is 5.11. The molecule has 0 radical (unpaired) electrons. The maximum absolute atomic E-state index is 12.0. The van der Waals surface area contributed by atoms with Gasteiger partial charge in [0.15, 0.2) is 0 Å². The highest BCUT2D eigenvalue weighted by Crippen LogP contribution is 2.19. The average Bonchev–Trinajstić information content (AvgIpc) is 2.66. The topological polar surface area (TPSA) is 62.6 Å². The molecule has 0 aromatic carbocycles. The molecule has 0 bridgehead atoms. The Bertz CT molecular complexity index is 437. The summed E-state index contributed by atoms with van der Waals surface area (Å²) >= 11 is 0. The number of furan rings is 1. The fourth-order valence-electron chi connectivity index (χ4n) is 1.19. The lowest BCUT2D eigenvalue weighted by molar-refractivity contribution is 0.364. The molecule has 0 aliphatic heterocycles. The summed E-state index contributed by atoms with van der Waals surface area (Å²) in [5.41, 5.74) is 0. The van der Waals surface area contributed by atoms with E-state index < -0.39 is 10.0 Å². The Morgan fingerprint density at radius 1 is 1.44 bits per heavy atom. The Morgan fingerprint density at radius 3 is 2.56 bits per heavy atom. The van der Waals surface area contributed by atoms with Gasteiger partial charge >= 0.3 is 0 Å². The van der Waals surface area contributed by atoms with E-state index >= 15 is 0 Å². The van der Waals surface area contributed by atoms with Crippen LogP contribution >= 0.6 is 0 Å². The molecule has 0 spiro atoms. The quantitative estimate of drug-likeness (QED) is 0.843. The number of hydrogen-bond donors (Lipinski definition) is 1. The van der Waals surface area contributed by atoms with E-state index in [4.69, 9.17) is 4.42 Å². The molecular formula is C10H18N2O3S. The van der Waals surface area contributed by atoms with Crippen LogP contribution in [-0.4, -0.2) is 32.9 Å². The van der Waals surface area contributed by atoms with Gasteiger partial charge in [-0.25, -0.2) is 8.42 Å². The lowest BCUT2D eigenvalue weighted by Gasteiger charge is -2.19. The second kappa shape index (κ2) is 4.99. The molecule has 1 aromatic rings. The molecule has 0 amide bonds. The van der Waals surface area contributed by atoms with Gasteiger partial charge in [-0.3, -0.25) is 0 Å². The second-order valence-corrected chi connectivity index (χ2v) is 5.79. The predicted molar refractivity (Wildman–Crippen MR) is 61.6 cm³/mol. The van der Waals surface area contributed by atoms with Crippen molar-refractivity contribution >= 4 is 10.0 Å². The van der Waals surface area contributed by atoms with Gasteiger partial charge in [0, 0.05) is 13.1 Å². The van der Waals surface area contributed by atoms with Crippen molar-refractivity contribution < 1.29 is 12.8 Å². The van der Waals surface area contributed by atoms with E-state index in [0.717, 1.165) is 0 Å². The minimum atomic E-state index is -3.50. The SMILES string of the molecule is CNCc1ccc(S(=O)(=O)N(C)C(C)C)o1. The third-order valence-corrected chi connectivity index (χ3v) is 4.26. The molecule has 5 nitrogen and oxygen atoms in total. The van der Waals surface area contributed by atoms with Gasteiger partial charge in [-0.05, 0) is 33.0 Å². The van der Waals surface area contributed by atoms with Gasteiger partial charge < -0.3 is 9.73 Å². The smallest absolute Gasteiger partial charge is 0.276 e. The van der Waals surface area contributed by atoms with Gasteiger partial charge in [0.2, 0.25) is 5.09 Å². The van der Waals surface area contributed by atoms with Gasteiger partial charge in [0.1, 0.15) is 5.76 Å². The van der Waals surface area contributed by atoms with Crippen molar-refractivity contribution in [2.45, 2.75) is 31.5 Å². The first-order valence-corrected chi connectivity index (χ1v) is 6.55. The highest BCUT2D eigenvalue weighted by Gasteiger charge is 2.26. The molecule has 0 aliphatic rings. The summed E-state index contributed by atoms with van der Waals surface area (Å²) in [5, 5.41) is 2.89. The van der Waals surface area contributed by atoms with Crippen molar-refractivity contribution in [1.29, 1.82) is 0 Å². The molecule has 0 aliphatic carbocycles. The molecule has 0 fully saturated rings. The molecule has 0 atom stereocenters. The molecule has 1 rings (SSSR count). The van der Waals surface area contributed by atoms with E-state index in [1.807, 2.05) is 13.8 Å². The van der Waals surface area contributed by atoms with Crippen molar-refractivity contribution in [3.05, 3.63) is 17.9 Å². The summed E-state index contributed by atoms with van der Waals surface area (Å²) in [6.45, 7) is 4.14. The Morgan fingerprint density at radius 2 is 2.06 bits per heavy atom. The summed E-state index contributed by atoms with van der Waals surface area (Å²) in [7, 11) is -0.180. The number of hydrogen-bond acceptors (Lipinski definition) is 4. The molecule has 1 aromatic heterocycles. The fourth-order valence-corrected chi connectivity index (χ4v) is 2.48. The Hall–Kier alpha value is -0.850. The highest BCUT2D eigenvalue weighted by molar-refractivity contribution is 7.89. The van der Waals surface area contributed by atoms with Crippen LogP contribution in [0, 0.1) is 0 Å². The first kappa shape index (κ1) is 13.2. The molecule has 16 heavy (non-hydrogen) atoms. The summed E-state index contributed by atoms with van der Waals surface area (Å²) in [6, 6.07) is 3.06. The van der Waals surface area contributed by atoms with Crippen LogP contribution in [0.15, 0.2) is 21.6 Å². The van der Waals surface area contributed by atoms with Crippen molar-refractivity contribution in [3.8, 4) is 0 Å². The van der Waals surface area contributed by atoms with Crippen LogP contribution in [0.1, 0.15) is 19.6 Å². The number of rotatable bonds is 5. The van der Waals surface area contributed by atoms with Gasteiger partial charge in [0.05, 0.1) is 6.54 Å². The van der Waals surface area contributed by atoms with E-state index in [0.29, 0.717) is 12.3 Å². The molecular weight excluding hydrogens is 228 g/mol. The van der Waals surface area contributed by atoms with E-state index in [9.17, 15) is 8.42 Å². The fraction of sp³-hybridized carbons (Fsp3) is 0.600. The minimum absolute atomic E-state index is 0.00560. The van der Waals surface area contributed by atoms with Crippen LogP contribution in [-0.2, 0) is 16.6 Å². The van der Waals surface area contributed by atoms with Crippen LogP contribution in [0.3, 0.4) is 0 Å². The second-order valence-electron chi connectivity index (χ2n) is 3.87. The third kappa shape index (κ3) is 2.63. The Kier molecular flexibility index (Phi) is 4.12. The molecule has 0 unspecified atom stereocenters. The Balaban J connectivity index is 2.98. The predicted octanol–water partition coefficient (Wildman–Crippen LogP) is 1.03. The van der Waals surface area contributed by atoms with Crippen LogP contribution in [0.4, 0.5) is 0 Å². The molecule has 1 heterocycles. The first-order chi connectivity index (χ1) is 7.39. The lowest BCUT2D eigenvalue weighted by Crippen LogP contribution is -2.32. The van der Waals surface area contributed by atoms with E-state index in [1.165, 1.54) is 10.4 Å². The zero-order valence-corrected chi connectivity index (χ0v) is 10.8. The highest BCUT2D eigenvalue weighted by atomic mass is 32.2. The van der Waals surface area contributed by atoms with Crippen molar-refractivity contribution in [3.63, 3.8) is 0 Å². The average molecular weight is 246 g/mol. The van der Waals surface area contributed by atoms with Crippen molar-refractivity contribution in [2.24, 2.45) is 0 Å². The van der Waals surface area contributed by atoms with Gasteiger partial charge in [-0.1, -0.05) is 0 Å². The van der Waals surface area contributed by atoms with Crippen LogP contribution in [0.5, 0.6) is 0 Å². The van der Waals surface area contributed by atoms with E-state index in [1.54, 1.807) is 20.2 Å². The van der Waals surface area contributed by atoms with Crippen LogP contribution in [0.25, 0.3) is 0 Å². The van der Waals surface area contributed by atoms with Gasteiger partial charge in [-0.15, -0.1) is 0 Å². The minimum Gasteiger partial charge on any atom is -0.447 e. The molecule has 6 heteroatoms. The van der Waals surface area contributed by atoms with E-state index in [2.05, 4.69) is 5.32 Å². The summed E-state index contributed by atoms with van der Waals surface area (Å²) < 4.78 is 30.6. The maximum atomic E-state index is 12.0. The zero-order valence-electron chi connectivity index (χ0n) is 10.0. The summed E-state index contributed by atoms with van der Waals surface area (Å²) in [6.07, 6.45) is 0. The Labute approximate surface area is 96.5 Å². The third-order valence-electron chi connectivity index (χ3n) is 2.35. The van der Waals surface area contributed by atoms with Crippen molar-refractivity contribution in [2.75, 3.05) is 14.1 Å². The molecule has 0 saturated heterocycles. The van der Waals surface area contributed by atoms with Gasteiger partial charge in [0.25, 0.3) is 10.0 Å². The normalized spacial score (nSPS) is 12.6. The van der Waals surface area contributed by atoms with E-state index in [-0.39, 0.29) is 11.1 Å². The van der Waals surface area contributed by atoms with Crippen molar-refractivity contribution in [1.82, 2.24) is 9.62 Å². The number of nitrogens with one attached hydrogen (secondary N) is 1. The zero-order chi connectivity index (χ0) is 12.3. The monoisotopic (exact) mass is 246 g/mol. The molecule has 92 valence electrons. The summed E-state index contributed by atoms with van der Waals surface area (Å²) in [5.74, 6) is 0.609. The largest absolute Gasteiger partial charge is 0.447 e. The maximum Gasteiger partial charge on any atom is 0.276 e. The standard InChI is InChI=1S/C10H18N2O3S/c1-8(2)12(4)16(13,14)10-6-5-9(15-10)7-11-3/h5-6,8,11H,7H2,1-4H3.